The number of rotatable bonds is 3. The van der Waals surface area contributed by atoms with Gasteiger partial charge >= 0.3 is 0 Å². The Morgan fingerprint density at radius 1 is 1.06 bits per heavy atom. The normalized spacial score (nSPS) is 14.8. The Morgan fingerprint density at radius 3 is 2.53 bits per heavy atom. The summed E-state index contributed by atoms with van der Waals surface area (Å²) in [5.74, 6) is 1.20. The van der Waals surface area contributed by atoms with Crippen molar-refractivity contribution in [2.75, 3.05) is 13.1 Å². The van der Waals surface area contributed by atoms with E-state index in [0.717, 1.165) is 46.5 Å². The average Bonchev–Trinajstić information content (AvgIpc) is 3.19. The van der Waals surface area contributed by atoms with Crippen molar-refractivity contribution in [1.82, 2.24) is 29.6 Å². The first-order chi connectivity index (χ1) is 15.5. The number of aryl methyl sites for hydroxylation is 3. The minimum atomic E-state index is 0.0313. The second-order valence-electron chi connectivity index (χ2n) is 8.55. The minimum Gasteiger partial charge on any atom is -0.339 e. The lowest BCUT2D eigenvalue weighted by Gasteiger charge is -2.31. The van der Waals surface area contributed by atoms with Gasteiger partial charge in [0.15, 0.2) is 5.65 Å². The van der Waals surface area contributed by atoms with E-state index in [0.29, 0.717) is 24.6 Å². The van der Waals surface area contributed by atoms with Gasteiger partial charge in [0.2, 0.25) is 0 Å². The number of fused-ring (bicyclic) bond motifs is 1. The van der Waals surface area contributed by atoms with Crippen LogP contribution in [0.3, 0.4) is 0 Å². The van der Waals surface area contributed by atoms with Gasteiger partial charge < -0.3 is 4.90 Å². The zero-order chi connectivity index (χ0) is 22.2. The van der Waals surface area contributed by atoms with E-state index in [1.54, 1.807) is 23.3 Å². The number of hydrogen-bond donors (Lipinski definition) is 0. The summed E-state index contributed by atoms with van der Waals surface area (Å²) in [6.45, 7) is 5.53. The molecule has 0 radical (unpaired) electrons. The molecule has 7 heteroatoms. The first kappa shape index (κ1) is 20.3. The Kier molecular flexibility index (Phi) is 5.17. The molecule has 3 aromatic heterocycles. The lowest BCUT2D eigenvalue weighted by atomic mass is 9.95. The Labute approximate surface area is 187 Å². The van der Waals surface area contributed by atoms with Crippen LogP contribution in [-0.2, 0) is 7.05 Å². The fourth-order valence-electron chi connectivity index (χ4n) is 4.56. The number of carbonyl (C=O) groups is 1. The zero-order valence-corrected chi connectivity index (χ0v) is 18.6. The van der Waals surface area contributed by atoms with E-state index in [4.69, 9.17) is 4.98 Å². The summed E-state index contributed by atoms with van der Waals surface area (Å²) in [6, 6.07) is 10.1. The molecule has 4 heterocycles. The molecule has 1 aliphatic rings. The first-order valence-corrected chi connectivity index (χ1v) is 11.0. The smallest absolute Gasteiger partial charge is 0.254 e. The monoisotopic (exact) mass is 426 g/mol. The maximum absolute atomic E-state index is 13.6. The Morgan fingerprint density at radius 2 is 1.81 bits per heavy atom. The number of benzene rings is 1. The van der Waals surface area contributed by atoms with Gasteiger partial charge in [-0.3, -0.25) is 9.48 Å². The SMILES string of the molecule is Cc1ccc(-c2cc(C(=O)N3CCC(c4ncccn4)CC3)c3cnn(C)c3n2)c(C)c1. The van der Waals surface area contributed by atoms with E-state index in [1.807, 2.05) is 24.1 Å². The molecule has 162 valence electrons. The number of likely N-dealkylation sites (tertiary alicyclic amines) is 1. The summed E-state index contributed by atoms with van der Waals surface area (Å²) < 4.78 is 1.73. The third-order valence-corrected chi connectivity index (χ3v) is 6.33. The number of amides is 1. The van der Waals surface area contributed by atoms with Crippen molar-refractivity contribution in [3.63, 3.8) is 0 Å². The molecule has 0 aliphatic carbocycles. The molecular formula is C25H26N6O. The van der Waals surface area contributed by atoms with E-state index in [-0.39, 0.29) is 5.91 Å². The van der Waals surface area contributed by atoms with Gasteiger partial charge in [0.25, 0.3) is 5.91 Å². The van der Waals surface area contributed by atoms with Gasteiger partial charge in [-0.25, -0.2) is 15.0 Å². The number of nitrogens with zero attached hydrogens (tertiary/aromatic N) is 6. The van der Waals surface area contributed by atoms with Crippen molar-refractivity contribution in [2.45, 2.75) is 32.6 Å². The maximum atomic E-state index is 13.6. The van der Waals surface area contributed by atoms with Crippen molar-refractivity contribution in [3.05, 3.63) is 71.4 Å². The average molecular weight is 427 g/mol. The van der Waals surface area contributed by atoms with E-state index < -0.39 is 0 Å². The molecule has 0 spiro atoms. The van der Waals surface area contributed by atoms with Crippen LogP contribution in [0.5, 0.6) is 0 Å². The highest BCUT2D eigenvalue weighted by Crippen LogP contribution is 2.30. The van der Waals surface area contributed by atoms with Crippen molar-refractivity contribution < 1.29 is 4.79 Å². The fraction of sp³-hybridized carbons (Fsp3) is 0.320. The Bertz CT molecular complexity index is 1290. The summed E-state index contributed by atoms with van der Waals surface area (Å²) in [6.07, 6.45) is 7.03. The number of pyridine rings is 1. The quantitative estimate of drug-likeness (QED) is 0.494. The number of piperidine rings is 1. The zero-order valence-electron chi connectivity index (χ0n) is 18.6. The molecular weight excluding hydrogens is 400 g/mol. The van der Waals surface area contributed by atoms with Gasteiger partial charge in [-0.05, 0) is 44.4 Å². The number of carbonyl (C=O) groups excluding carboxylic acids is 1. The van der Waals surface area contributed by atoms with Gasteiger partial charge in [-0.2, -0.15) is 5.10 Å². The van der Waals surface area contributed by atoms with E-state index in [2.05, 4.69) is 47.1 Å². The molecule has 1 saturated heterocycles. The van der Waals surface area contributed by atoms with Crippen LogP contribution in [0.4, 0.5) is 0 Å². The molecule has 0 N–H and O–H groups in total. The highest BCUT2D eigenvalue weighted by molar-refractivity contribution is 6.06. The number of hydrogen-bond acceptors (Lipinski definition) is 5. The molecule has 1 aliphatic heterocycles. The van der Waals surface area contributed by atoms with Crippen LogP contribution in [0.25, 0.3) is 22.3 Å². The van der Waals surface area contributed by atoms with Gasteiger partial charge in [0.1, 0.15) is 5.82 Å². The first-order valence-electron chi connectivity index (χ1n) is 11.0. The van der Waals surface area contributed by atoms with Crippen molar-refractivity contribution in [1.29, 1.82) is 0 Å². The van der Waals surface area contributed by atoms with Crippen LogP contribution >= 0.6 is 0 Å². The predicted molar refractivity (Wildman–Crippen MR) is 123 cm³/mol. The minimum absolute atomic E-state index is 0.0313. The van der Waals surface area contributed by atoms with Crippen molar-refractivity contribution in [2.24, 2.45) is 7.05 Å². The molecule has 1 fully saturated rings. The molecule has 0 atom stereocenters. The van der Waals surface area contributed by atoms with Crippen LogP contribution in [-0.4, -0.2) is 48.6 Å². The summed E-state index contributed by atoms with van der Waals surface area (Å²) in [5, 5.41) is 5.17. The van der Waals surface area contributed by atoms with Crippen molar-refractivity contribution >= 4 is 16.9 Å². The Balaban J connectivity index is 1.48. The lowest BCUT2D eigenvalue weighted by molar-refractivity contribution is 0.0713. The molecule has 5 rings (SSSR count). The van der Waals surface area contributed by atoms with Crippen LogP contribution in [0.2, 0.25) is 0 Å². The van der Waals surface area contributed by atoms with Crippen LogP contribution < -0.4 is 0 Å². The molecule has 1 aromatic carbocycles. The molecule has 32 heavy (non-hydrogen) atoms. The third kappa shape index (κ3) is 3.64. The van der Waals surface area contributed by atoms with Gasteiger partial charge in [-0.1, -0.05) is 23.8 Å². The van der Waals surface area contributed by atoms with Crippen LogP contribution in [0, 0.1) is 13.8 Å². The highest BCUT2D eigenvalue weighted by Gasteiger charge is 2.28. The van der Waals surface area contributed by atoms with E-state index in [9.17, 15) is 4.79 Å². The molecule has 4 aromatic rings. The summed E-state index contributed by atoms with van der Waals surface area (Å²) in [5.41, 5.74) is 5.56. The third-order valence-electron chi connectivity index (χ3n) is 6.33. The van der Waals surface area contributed by atoms with Gasteiger partial charge in [0, 0.05) is 44.0 Å². The molecule has 0 unspecified atom stereocenters. The molecule has 0 saturated carbocycles. The standard InChI is InChI=1S/C25H26N6O/c1-16-5-6-19(17(2)13-16)22-14-20(21-15-28-30(3)24(21)29-22)25(32)31-11-7-18(8-12-31)23-26-9-4-10-27-23/h4-6,9-10,13-15,18H,7-8,11-12H2,1-3H3. The second kappa shape index (κ2) is 8.15. The lowest BCUT2D eigenvalue weighted by Crippen LogP contribution is -2.38. The van der Waals surface area contributed by atoms with Gasteiger partial charge in [-0.15, -0.1) is 0 Å². The Hall–Kier alpha value is -3.61. The van der Waals surface area contributed by atoms with Crippen LogP contribution in [0.15, 0.2) is 48.9 Å². The van der Waals surface area contributed by atoms with E-state index in [1.165, 1.54) is 5.56 Å². The largest absolute Gasteiger partial charge is 0.339 e. The molecule has 0 bridgehead atoms. The maximum Gasteiger partial charge on any atom is 0.254 e. The summed E-state index contributed by atoms with van der Waals surface area (Å²) in [4.78, 5) is 29.2. The second-order valence-corrected chi connectivity index (χ2v) is 8.55. The highest BCUT2D eigenvalue weighted by atomic mass is 16.2. The fourth-order valence-corrected chi connectivity index (χ4v) is 4.56. The molecule has 7 nitrogen and oxygen atoms in total. The number of aromatic nitrogens is 5. The molecule has 1 amide bonds. The summed E-state index contributed by atoms with van der Waals surface area (Å²) >= 11 is 0. The topological polar surface area (TPSA) is 76.8 Å². The predicted octanol–water partition coefficient (Wildman–Crippen LogP) is 4.06. The van der Waals surface area contributed by atoms with Gasteiger partial charge in [0.05, 0.1) is 22.8 Å². The summed E-state index contributed by atoms with van der Waals surface area (Å²) in [7, 11) is 1.86. The van der Waals surface area contributed by atoms with Crippen LogP contribution in [0.1, 0.15) is 46.1 Å². The van der Waals surface area contributed by atoms with Crippen molar-refractivity contribution in [3.8, 4) is 11.3 Å². The van der Waals surface area contributed by atoms with E-state index >= 15 is 0 Å².